The molecular formula is C13H12Cl2N4. The Morgan fingerprint density at radius 2 is 2.11 bits per heavy atom. The van der Waals surface area contributed by atoms with Crippen molar-refractivity contribution in [1.29, 1.82) is 5.26 Å². The van der Waals surface area contributed by atoms with E-state index in [2.05, 4.69) is 23.3 Å². The lowest BCUT2D eigenvalue weighted by atomic mass is 10.2. The van der Waals surface area contributed by atoms with Crippen molar-refractivity contribution in [1.82, 2.24) is 15.0 Å². The highest BCUT2D eigenvalue weighted by atomic mass is 35.5. The number of nitriles is 1. The zero-order chi connectivity index (χ0) is 13.8. The van der Waals surface area contributed by atoms with Gasteiger partial charge in [-0.3, -0.25) is 0 Å². The molecule has 19 heavy (non-hydrogen) atoms. The number of halogens is 2. The van der Waals surface area contributed by atoms with Gasteiger partial charge in [0.25, 0.3) is 0 Å². The number of benzene rings is 1. The Morgan fingerprint density at radius 1 is 1.32 bits per heavy atom. The smallest absolute Gasteiger partial charge is 0.185 e. The third-order valence-corrected chi connectivity index (χ3v) is 3.49. The molecule has 0 saturated heterocycles. The summed E-state index contributed by atoms with van der Waals surface area (Å²) in [7, 11) is 0. The van der Waals surface area contributed by atoms with Gasteiger partial charge in [0, 0.05) is 0 Å². The topological polar surface area (TPSA) is 54.5 Å². The molecule has 2 rings (SSSR count). The van der Waals surface area contributed by atoms with Crippen LogP contribution < -0.4 is 0 Å². The third-order valence-electron chi connectivity index (χ3n) is 2.75. The van der Waals surface area contributed by atoms with Crippen molar-refractivity contribution in [2.75, 3.05) is 0 Å². The van der Waals surface area contributed by atoms with Crippen molar-refractivity contribution in [2.24, 2.45) is 0 Å². The Morgan fingerprint density at radius 3 is 2.74 bits per heavy atom. The van der Waals surface area contributed by atoms with Crippen LogP contribution in [0.4, 0.5) is 0 Å². The second-order valence-electron chi connectivity index (χ2n) is 4.15. The minimum Gasteiger partial charge on any atom is -0.244 e. The van der Waals surface area contributed by atoms with Gasteiger partial charge in [-0.25, -0.2) is 4.68 Å². The molecule has 0 bridgehead atoms. The molecule has 0 aliphatic carbocycles. The van der Waals surface area contributed by atoms with E-state index in [4.69, 9.17) is 28.5 Å². The van der Waals surface area contributed by atoms with E-state index >= 15 is 0 Å². The van der Waals surface area contributed by atoms with Crippen LogP contribution in [0, 0.1) is 11.3 Å². The maximum Gasteiger partial charge on any atom is 0.185 e. The molecule has 0 aliphatic heterocycles. The lowest BCUT2D eigenvalue weighted by Gasteiger charge is -2.06. The fraction of sp³-hybridized carbons (Fsp3) is 0.308. The van der Waals surface area contributed by atoms with E-state index in [1.54, 1.807) is 16.8 Å². The van der Waals surface area contributed by atoms with Gasteiger partial charge in [0.1, 0.15) is 6.07 Å². The van der Waals surface area contributed by atoms with Crippen LogP contribution in [-0.2, 0) is 13.0 Å². The zero-order valence-electron chi connectivity index (χ0n) is 10.4. The highest BCUT2D eigenvalue weighted by Gasteiger charge is 2.12. The number of hydrogen-bond donors (Lipinski definition) is 0. The normalized spacial score (nSPS) is 10.4. The molecule has 0 saturated carbocycles. The van der Waals surface area contributed by atoms with E-state index in [1.165, 1.54) is 0 Å². The van der Waals surface area contributed by atoms with E-state index in [1.807, 2.05) is 6.07 Å². The quantitative estimate of drug-likeness (QED) is 0.868. The minimum absolute atomic E-state index is 0.391. The van der Waals surface area contributed by atoms with Gasteiger partial charge in [0.05, 0.1) is 22.3 Å². The molecule has 0 aliphatic rings. The first-order valence-electron chi connectivity index (χ1n) is 5.92. The predicted octanol–water partition coefficient (Wildman–Crippen LogP) is 3.46. The summed E-state index contributed by atoms with van der Waals surface area (Å²) >= 11 is 11.9. The fourth-order valence-electron chi connectivity index (χ4n) is 1.84. The number of hydrogen-bond acceptors (Lipinski definition) is 3. The summed E-state index contributed by atoms with van der Waals surface area (Å²) in [6.07, 6.45) is 1.71. The SMILES string of the molecule is CCCc1c(C#N)nnn1Cc1ccc(Cl)c(Cl)c1. The summed E-state index contributed by atoms with van der Waals surface area (Å²) in [6.45, 7) is 2.58. The Bertz CT molecular complexity index is 628. The van der Waals surface area contributed by atoms with Crippen LogP contribution in [0.25, 0.3) is 0 Å². The number of nitrogens with zero attached hydrogens (tertiary/aromatic N) is 4. The van der Waals surface area contributed by atoms with Crippen LogP contribution in [0.3, 0.4) is 0 Å². The van der Waals surface area contributed by atoms with Gasteiger partial charge in [-0.05, 0) is 24.1 Å². The van der Waals surface area contributed by atoms with E-state index in [0.29, 0.717) is 22.3 Å². The van der Waals surface area contributed by atoms with Crippen LogP contribution in [0.15, 0.2) is 18.2 Å². The molecule has 6 heteroatoms. The Labute approximate surface area is 121 Å². The third kappa shape index (κ3) is 3.06. The monoisotopic (exact) mass is 294 g/mol. The molecular weight excluding hydrogens is 283 g/mol. The van der Waals surface area contributed by atoms with E-state index in [0.717, 1.165) is 24.1 Å². The fourth-order valence-corrected chi connectivity index (χ4v) is 2.16. The van der Waals surface area contributed by atoms with Crippen molar-refractivity contribution in [2.45, 2.75) is 26.3 Å². The molecule has 2 aromatic rings. The average molecular weight is 295 g/mol. The molecule has 0 N–H and O–H groups in total. The standard InChI is InChI=1S/C13H12Cl2N4/c1-2-3-13-12(7-16)17-18-19(13)8-9-4-5-10(14)11(15)6-9/h4-6H,2-3,8H2,1H3. The van der Waals surface area contributed by atoms with Crippen LogP contribution >= 0.6 is 23.2 Å². The highest BCUT2D eigenvalue weighted by Crippen LogP contribution is 2.23. The van der Waals surface area contributed by atoms with Gasteiger partial charge in [-0.2, -0.15) is 5.26 Å². The van der Waals surface area contributed by atoms with Gasteiger partial charge >= 0.3 is 0 Å². The second-order valence-corrected chi connectivity index (χ2v) is 4.97. The van der Waals surface area contributed by atoms with Crippen LogP contribution in [-0.4, -0.2) is 15.0 Å². The molecule has 0 unspecified atom stereocenters. The van der Waals surface area contributed by atoms with Crippen LogP contribution in [0.1, 0.15) is 30.3 Å². The van der Waals surface area contributed by atoms with Crippen LogP contribution in [0.2, 0.25) is 10.0 Å². The Hall–Kier alpha value is -1.57. The van der Waals surface area contributed by atoms with Crippen molar-refractivity contribution in [3.63, 3.8) is 0 Å². The average Bonchev–Trinajstić information content (AvgIpc) is 2.77. The Kier molecular flexibility index (Phi) is 4.41. The summed E-state index contributed by atoms with van der Waals surface area (Å²) < 4.78 is 1.74. The van der Waals surface area contributed by atoms with Gasteiger partial charge in [-0.15, -0.1) is 5.10 Å². The lowest BCUT2D eigenvalue weighted by Crippen LogP contribution is -2.07. The molecule has 98 valence electrons. The number of rotatable bonds is 4. The van der Waals surface area contributed by atoms with Crippen molar-refractivity contribution in [3.8, 4) is 6.07 Å². The van der Waals surface area contributed by atoms with Crippen molar-refractivity contribution >= 4 is 23.2 Å². The van der Waals surface area contributed by atoms with E-state index < -0.39 is 0 Å². The molecule has 0 atom stereocenters. The lowest BCUT2D eigenvalue weighted by molar-refractivity contribution is 0.613. The molecule has 1 heterocycles. The largest absolute Gasteiger partial charge is 0.244 e. The summed E-state index contributed by atoms with van der Waals surface area (Å²) in [5.74, 6) is 0. The molecule has 1 aromatic carbocycles. The molecule has 0 fully saturated rings. The minimum atomic E-state index is 0.391. The van der Waals surface area contributed by atoms with Gasteiger partial charge in [0.15, 0.2) is 5.69 Å². The van der Waals surface area contributed by atoms with Crippen LogP contribution in [0.5, 0.6) is 0 Å². The zero-order valence-corrected chi connectivity index (χ0v) is 11.9. The molecule has 1 aromatic heterocycles. The summed E-state index contributed by atoms with van der Waals surface area (Å²) in [5.41, 5.74) is 2.22. The number of aromatic nitrogens is 3. The van der Waals surface area contributed by atoms with Gasteiger partial charge in [0.2, 0.25) is 0 Å². The maximum atomic E-state index is 9.00. The van der Waals surface area contributed by atoms with Gasteiger partial charge in [-0.1, -0.05) is 47.8 Å². The first kappa shape index (κ1) is 13.9. The molecule has 4 nitrogen and oxygen atoms in total. The molecule has 0 spiro atoms. The molecule has 0 amide bonds. The first-order chi connectivity index (χ1) is 9.15. The van der Waals surface area contributed by atoms with E-state index in [9.17, 15) is 0 Å². The maximum absolute atomic E-state index is 9.00. The molecule has 0 radical (unpaired) electrons. The summed E-state index contributed by atoms with van der Waals surface area (Å²) in [5, 5.41) is 17.9. The van der Waals surface area contributed by atoms with E-state index in [-0.39, 0.29) is 0 Å². The summed E-state index contributed by atoms with van der Waals surface area (Å²) in [4.78, 5) is 0. The van der Waals surface area contributed by atoms with Gasteiger partial charge < -0.3 is 0 Å². The highest BCUT2D eigenvalue weighted by molar-refractivity contribution is 6.42. The summed E-state index contributed by atoms with van der Waals surface area (Å²) in [6, 6.07) is 7.50. The second kappa shape index (κ2) is 6.05. The van der Waals surface area contributed by atoms with Crippen molar-refractivity contribution in [3.05, 3.63) is 45.2 Å². The van der Waals surface area contributed by atoms with Crippen molar-refractivity contribution < 1.29 is 0 Å². The Balaban J connectivity index is 2.30. The first-order valence-corrected chi connectivity index (χ1v) is 6.67. The predicted molar refractivity (Wildman–Crippen MR) is 74.3 cm³/mol.